The van der Waals surface area contributed by atoms with E-state index < -0.39 is 5.41 Å². The van der Waals surface area contributed by atoms with Crippen LogP contribution in [-0.2, 0) is 9.59 Å². The van der Waals surface area contributed by atoms with Crippen LogP contribution in [0.15, 0.2) is 0 Å². The van der Waals surface area contributed by atoms with E-state index in [1.54, 1.807) is 0 Å². The first kappa shape index (κ1) is 12.3. The maximum atomic E-state index is 10.9. The summed E-state index contributed by atoms with van der Waals surface area (Å²) < 4.78 is 0. The molecule has 0 spiro atoms. The minimum absolute atomic E-state index is 0.0984. The molecule has 0 aromatic heterocycles. The van der Waals surface area contributed by atoms with E-state index in [1.807, 2.05) is 13.8 Å². The summed E-state index contributed by atoms with van der Waals surface area (Å²) in [6.07, 6.45) is 3.23. The zero-order chi connectivity index (χ0) is 10.5. The predicted octanol–water partition coefficient (Wildman–Crippen LogP) is 2.46. The van der Waals surface area contributed by atoms with Gasteiger partial charge in [0.1, 0.15) is 12.6 Å². The monoisotopic (exact) mass is 184 g/mol. The first-order chi connectivity index (χ1) is 5.98. The van der Waals surface area contributed by atoms with Crippen molar-refractivity contribution < 1.29 is 9.59 Å². The molecule has 0 rings (SSSR count). The first-order valence-electron chi connectivity index (χ1n) is 4.91. The largest absolute Gasteiger partial charge is 0.302 e. The van der Waals surface area contributed by atoms with Gasteiger partial charge in [-0.1, -0.05) is 27.7 Å². The molecule has 0 aliphatic rings. The molecular weight excluding hydrogens is 164 g/mol. The van der Waals surface area contributed by atoms with E-state index in [2.05, 4.69) is 13.8 Å². The molecule has 0 atom stereocenters. The third-order valence-electron chi connectivity index (χ3n) is 2.67. The lowest BCUT2D eigenvalue weighted by atomic mass is 9.75. The van der Waals surface area contributed by atoms with E-state index in [-0.39, 0.29) is 5.92 Å². The number of hydrogen-bond donors (Lipinski definition) is 0. The van der Waals surface area contributed by atoms with Crippen molar-refractivity contribution in [3.05, 3.63) is 0 Å². The van der Waals surface area contributed by atoms with Gasteiger partial charge in [0.2, 0.25) is 0 Å². The number of hydrogen-bond acceptors (Lipinski definition) is 2. The van der Waals surface area contributed by atoms with Crippen LogP contribution in [0.1, 0.15) is 40.5 Å². The Balaban J connectivity index is 4.39. The highest BCUT2D eigenvalue weighted by atomic mass is 16.1. The second kappa shape index (κ2) is 5.15. The fourth-order valence-electron chi connectivity index (χ4n) is 1.25. The Morgan fingerprint density at radius 2 is 1.54 bits per heavy atom. The summed E-state index contributed by atoms with van der Waals surface area (Å²) in [7, 11) is 0. The summed E-state index contributed by atoms with van der Waals surface area (Å²) in [4.78, 5) is 21.8. The van der Waals surface area contributed by atoms with Crippen molar-refractivity contribution in [2.75, 3.05) is 0 Å². The highest BCUT2D eigenvalue weighted by Gasteiger charge is 2.32. The van der Waals surface area contributed by atoms with E-state index >= 15 is 0 Å². The van der Waals surface area contributed by atoms with Crippen LogP contribution in [0.4, 0.5) is 0 Å². The minimum atomic E-state index is -0.746. The fourth-order valence-corrected chi connectivity index (χ4v) is 1.25. The molecule has 0 fully saturated rings. The van der Waals surface area contributed by atoms with E-state index in [0.29, 0.717) is 12.3 Å². The lowest BCUT2D eigenvalue weighted by Crippen LogP contribution is -2.31. The molecule has 0 radical (unpaired) electrons. The minimum Gasteiger partial charge on any atom is -0.302 e. The van der Waals surface area contributed by atoms with Gasteiger partial charge in [-0.05, 0) is 24.7 Å². The van der Waals surface area contributed by atoms with Crippen LogP contribution in [-0.4, -0.2) is 12.6 Å². The summed E-state index contributed by atoms with van der Waals surface area (Å²) >= 11 is 0. The summed E-state index contributed by atoms with van der Waals surface area (Å²) in [6, 6.07) is 0. The number of carbonyl (C=O) groups excluding carboxylic acids is 2. The molecule has 0 N–H and O–H groups in total. The molecule has 0 aliphatic carbocycles. The van der Waals surface area contributed by atoms with Gasteiger partial charge < -0.3 is 9.59 Å². The fraction of sp³-hybridized carbons (Fsp3) is 0.818. The van der Waals surface area contributed by atoms with Crippen molar-refractivity contribution in [3.8, 4) is 0 Å². The molecule has 0 saturated carbocycles. The second-order valence-corrected chi connectivity index (χ2v) is 4.44. The lowest BCUT2D eigenvalue weighted by Gasteiger charge is -2.26. The van der Waals surface area contributed by atoms with Gasteiger partial charge in [-0.2, -0.15) is 0 Å². The lowest BCUT2D eigenvalue weighted by molar-refractivity contribution is -0.129. The Morgan fingerprint density at radius 3 is 1.77 bits per heavy atom. The van der Waals surface area contributed by atoms with Crippen molar-refractivity contribution in [2.24, 2.45) is 17.3 Å². The Hall–Kier alpha value is -0.660. The number of carbonyl (C=O) groups is 2. The summed E-state index contributed by atoms with van der Waals surface area (Å²) in [6.45, 7) is 8.04. The number of aldehydes is 2. The standard InChI is InChI=1S/C11H20O2/c1-9(2)5-6-11(7-12,8-13)10(3)4/h7-10H,5-6H2,1-4H3. The molecule has 0 aromatic rings. The van der Waals surface area contributed by atoms with Gasteiger partial charge in [0.05, 0.1) is 5.41 Å². The average molecular weight is 184 g/mol. The van der Waals surface area contributed by atoms with Gasteiger partial charge in [0, 0.05) is 0 Å². The van der Waals surface area contributed by atoms with Crippen molar-refractivity contribution in [2.45, 2.75) is 40.5 Å². The van der Waals surface area contributed by atoms with Crippen molar-refractivity contribution >= 4 is 12.6 Å². The SMILES string of the molecule is CC(C)CCC(C=O)(C=O)C(C)C. The Kier molecular flexibility index (Phi) is 4.89. The second-order valence-electron chi connectivity index (χ2n) is 4.44. The zero-order valence-corrected chi connectivity index (χ0v) is 9.04. The summed E-state index contributed by atoms with van der Waals surface area (Å²) in [5.41, 5.74) is -0.746. The van der Waals surface area contributed by atoms with Gasteiger partial charge in [-0.15, -0.1) is 0 Å². The molecule has 2 heteroatoms. The zero-order valence-electron chi connectivity index (χ0n) is 9.04. The van der Waals surface area contributed by atoms with Gasteiger partial charge in [0.15, 0.2) is 0 Å². The maximum absolute atomic E-state index is 10.9. The van der Waals surface area contributed by atoms with Gasteiger partial charge >= 0.3 is 0 Å². The van der Waals surface area contributed by atoms with Crippen LogP contribution in [0.5, 0.6) is 0 Å². The molecular formula is C11H20O2. The molecule has 0 aliphatic heterocycles. The van der Waals surface area contributed by atoms with Crippen LogP contribution in [0.25, 0.3) is 0 Å². The molecule has 2 nitrogen and oxygen atoms in total. The van der Waals surface area contributed by atoms with Gasteiger partial charge in [-0.3, -0.25) is 0 Å². The van der Waals surface area contributed by atoms with Gasteiger partial charge in [-0.25, -0.2) is 0 Å². The molecule has 0 aromatic carbocycles. The van der Waals surface area contributed by atoms with Crippen LogP contribution < -0.4 is 0 Å². The van der Waals surface area contributed by atoms with Crippen molar-refractivity contribution in [3.63, 3.8) is 0 Å². The highest BCUT2D eigenvalue weighted by molar-refractivity contribution is 5.83. The quantitative estimate of drug-likeness (QED) is 0.469. The van der Waals surface area contributed by atoms with E-state index in [4.69, 9.17) is 0 Å². The average Bonchev–Trinajstić information content (AvgIpc) is 2.06. The third-order valence-corrected chi connectivity index (χ3v) is 2.67. The predicted molar refractivity (Wildman–Crippen MR) is 53.5 cm³/mol. The smallest absolute Gasteiger partial charge is 0.133 e. The van der Waals surface area contributed by atoms with Crippen LogP contribution in [0, 0.1) is 17.3 Å². The van der Waals surface area contributed by atoms with Crippen LogP contribution in [0.2, 0.25) is 0 Å². The van der Waals surface area contributed by atoms with Crippen molar-refractivity contribution in [1.82, 2.24) is 0 Å². The molecule has 0 amide bonds. The maximum Gasteiger partial charge on any atom is 0.133 e. The third kappa shape index (κ3) is 3.29. The molecule has 13 heavy (non-hydrogen) atoms. The van der Waals surface area contributed by atoms with E-state index in [9.17, 15) is 9.59 Å². The Bertz CT molecular complexity index is 163. The van der Waals surface area contributed by atoms with Crippen LogP contribution in [0.3, 0.4) is 0 Å². The number of rotatable bonds is 6. The topological polar surface area (TPSA) is 34.1 Å². The van der Waals surface area contributed by atoms with E-state index in [1.165, 1.54) is 0 Å². The summed E-state index contributed by atoms with van der Waals surface area (Å²) in [5.74, 6) is 0.638. The molecule has 0 bridgehead atoms. The van der Waals surface area contributed by atoms with Crippen molar-refractivity contribution in [1.29, 1.82) is 0 Å². The Morgan fingerprint density at radius 1 is 1.08 bits per heavy atom. The molecule has 0 heterocycles. The normalized spacial score (nSPS) is 12.2. The Labute approximate surface area is 80.7 Å². The van der Waals surface area contributed by atoms with Gasteiger partial charge in [0.25, 0.3) is 0 Å². The molecule has 0 unspecified atom stereocenters. The summed E-state index contributed by atoms with van der Waals surface area (Å²) in [5, 5.41) is 0. The molecule has 0 saturated heterocycles. The van der Waals surface area contributed by atoms with Crippen LogP contribution >= 0.6 is 0 Å². The van der Waals surface area contributed by atoms with E-state index in [0.717, 1.165) is 19.0 Å². The molecule has 76 valence electrons. The highest BCUT2D eigenvalue weighted by Crippen LogP contribution is 2.29. The first-order valence-corrected chi connectivity index (χ1v) is 4.91.